The van der Waals surface area contributed by atoms with Crippen molar-refractivity contribution in [1.82, 2.24) is 10.6 Å². The molecule has 1 aliphatic rings. The fraction of sp³-hybridized carbons (Fsp3) is 0.611. The van der Waals surface area contributed by atoms with Crippen LogP contribution in [0.5, 0.6) is 5.75 Å². The Morgan fingerprint density at radius 1 is 1.30 bits per heavy atom. The Morgan fingerprint density at radius 3 is 2.70 bits per heavy atom. The Kier molecular flexibility index (Phi) is 7.59. The molecular formula is C18H29N3OS. The van der Waals surface area contributed by atoms with E-state index in [2.05, 4.69) is 34.0 Å². The van der Waals surface area contributed by atoms with Crippen LogP contribution in [0.2, 0.25) is 0 Å². The molecule has 2 atom stereocenters. The van der Waals surface area contributed by atoms with Crippen molar-refractivity contribution in [3.63, 3.8) is 0 Å². The molecule has 0 saturated heterocycles. The van der Waals surface area contributed by atoms with E-state index in [1.165, 1.54) is 24.8 Å². The second-order valence-corrected chi connectivity index (χ2v) is 7.10. The summed E-state index contributed by atoms with van der Waals surface area (Å²) in [6.45, 7) is 0.935. The highest BCUT2D eigenvalue weighted by Gasteiger charge is 2.24. The van der Waals surface area contributed by atoms with E-state index in [1.54, 1.807) is 7.11 Å². The molecule has 0 amide bonds. The van der Waals surface area contributed by atoms with Gasteiger partial charge < -0.3 is 15.4 Å². The van der Waals surface area contributed by atoms with E-state index in [9.17, 15) is 0 Å². The third-order valence-electron chi connectivity index (χ3n) is 4.38. The summed E-state index contributed by atoms with van der Waals surface area (Å²) in [5.74, 6) is 1.85. The van der Waals surface area contributed by atoms with Crippen LogP contribution < -0.4 is 15.4 Å². The van der Waals surface area contributed by atoms with Gasteiger partial charge in [-0.25, -0.2) is 0 Å². The normalized spacial score (nSPS) is 21.3. The smallest absolute Gasteiger partial charge is 0.191 e. The number of methoxy groups -OCH3 is 1. The van der Waals surface area contributed by atoms with Crippen molar-refractivity contribution in [2.75, 3.05) is 27.0 Å². The Hall–Kier alpha value is -1.36. The van der Waals surface area contributed by atoms with Crippen LogP contribution in [0.25, 0.3) is 0 Å². The van der Waals surface area contributed by atoms with Crippen molar-refractivity contribution in [1.29, 1.82) is 0 Å². The summed E-state index contributed by atoms with van der Waals surface area (Å²) >= 11 is 1.98. The molecule has 1 aliphatic carbocycles. The molecule has 2 N–H and O–H groups in total. The van der Waals surface area contributed by atoms with Gasteiger partial charge >= 0.3 is 0 Å². The molecule has 0 bridgehead atoms. The summed E-state index contributed by atoms with van der Waals surface area (Å²) in [5, 5.41) is 7.79. The first-order chi connectivity index (χ1) is 11.2. The molecule has 23 heavy (non-hydrogen) atoms. The highest BCUT2D eigenvalue weighted by molar-refractivity contribution is 7.99. The molecular weight excluding hydrogens is 306 g/mol. The van der Waals surface area contributed by atoms with Crippen LogP contribution in [0.1, 0.15) is 31.2 Å². The molecule has 0 heterocycles. The Labute approximate surface area is 144 Å². The predicted octanol–water partition coefficient (Wildman–Crippen LogP) is 3.08. The van der Waals surface area contributed by atoms with E-state index in [1.807, 2.05) is 30.9 Å². The first kappa shape index (κ1) is 18.0. The fourth-order valence-corrected chi connectivity index (χ4v) is 3.76. The highest BCUT2D eigenvalue weighted by Crippen LogP contribution is 2.27. The lowest BCUT2D eigenvalue weighted by molar-refractivity contribution is 0.414. The molecule has 128 valence electrons. The number of hydrogen-bond donors (Lipinski definition) is 2. The van der Waals surface area contributed by atoms with Gasteiger partial charge in [0.1, 0.15) is 5.75 Å². The molecule has 0 radical (unpaired) electrons. The van der Waals surface area contributed by atoms with Gasteiger partial charge in [0, 0.05) is 24.9 Å². The zero-order chi connectivity index (χ0) is 16.5. The summed E-state index contributed by atoms with van der Waals surface area (Å²) in [4.78, 5) is 4.34. The van der Waals surface area contributed by atoms with Crippen LogP contribution in [0.15, 0.2) is 29.3 Å². The Morgan fingerprint density at radius 2 is 2.09 bits per heavy atom. The number of aliphatic imine (C=N–C) groups is 1. The van der Waals surface area contributed by atoms with Crippen LogP contribution in [0.4, 0.5) is 0 Å². The summed E-state index contributed by atoms with van der Waals surface area (Å²) in [5.41, 5.74) is 1.34. The molecule has 1 fully saturated rings. The monoisotopic (exact) mass is 335 g/mol. The first-order valence-corrected chi connectivity index (χ1v) is 9.67. The van der Waals surface area contributed by atoms with Gasteiger partial charge in [0.2, 0.25) is 0 Å². The van der Waals surface area contributed by atoms with E-state index in [0.29, 0.717) is 6.04 Å². The lowest BCUT2D eigenvalue weighted by Gasteiger charge is -2.17. The van der Waals surface area contributed by atoms with Crippen LogP contribution >= 0.6 is 11.8 Å². The minimum atomic E-state index is 0.570. The van der Waals surface area contributed by atoms with Crippen molar-refractivity contribution >= 4 is 17.7 Å². The fourth-order valence-electron chi connectivity index (χ4n) is 2.96. The van der Waals surface area contributed by atoms with E-state index >= 15 is 0 Å². The number of rotatable bonds is 7. The molecule has 1 aromatic rings. The second-order valence-electron chi connectivity index (χ2n) is 5.96. The van der Waals surface area contributed by atoms with Crippen molar-refractivity contribution in [3.05, 3.63) is 29.8 Å². The Balaban J connectivity index is 1.65. The number of thioether (sulfide) groups is 1. The van der Waals surface area contributed by atoms with Crippen molar-refractivity contribution in [3.8, 4) is 5.75 Å². The number of benzene rings is 1. The molecule has 0 aromatic heterocycles. The standard InChI is InChI=1S/C18H29N3OS/c1-19-18(21-15-8-11-17(13-15)23-3)20-12-4-5-14-6-9-16(22-2)10-7-14/h6-7,9-10,15,17H,4-5,8,11-13H2,1-3H3,(H2,19,20,21). The number of guanidine groups is 1. The first-order valence-electron chi connectivity index (χ1n) is 8.38. The number of ether oxygens (including phenoxy) is 1. The van der Waals surface area contributed by atoms with Crippen molar-refractivity contribution < 1.29 is 4.74 Å². The topological polar surface area (TPSA) is 45.7 Å². The zero-order valence-corrected chi connectivity index (χ0v) is 15.3. The molecule has 2 unspecified atom stereocenters. The number of aryl methyl sites for hydroxylation is 1. The molecule has 2 rings (SSSR count). The quantitative estimate of drug-likeness (QED) is 0.457. The third kappa shape index (κ3) is 5.98. The van der Waals surface area contributed by atoms with Crippen molar-refractivity contribution in [2.45, 2.75) is 43.4 Å². The van der Waals surface area contributed by atoms with Crippen LogP contribution in [0.3, 0.4) is 0 Å². The molecule has 0 spiro atoms. The van der Waals surface area contributed by atoms with Crippen LogP contribution in [-0.2, 0) is 6.42 Å². The number of nitrogens with one attached hydrogen (secondary N) is 2. The maximum Gasteiger partial charge on any atom is 0.191 e. The van der Waals surface area contributed by atoms with E-state index in [4.69, 9.17) is 4.74 Å². The molecule has 4 nitrogen and oxygen atoms in total. The summed E-state index contributed by atoms with van der Waals surface area (Å²) in [6, 6.07) is 8.87. The van der Waals surface area contributed by atoms with Gasteiger partial charge in [-0.1, -0.05) is 12.1 Å². The summed E-state index contributed by atoms with van der Waals surface area (Å²) < 4.78 is 5.18. The molecule has 5 heteroatoms. The van der Waals surface area contributed by atoms with E-state index < -0.39 is 0 Å². The maximum atomic E-state index is 5.18. The van der Waals surface area contributed by atoms with Crippen LogP contribution in [-0.4, -0.2) is 44.2 Å². The summed E-state index contributed by atoms with van der Waals surface area (Å²) in [6.07, 6.45) is 8.16. The van der Waals surface area contributed by atoms with Gasteiger partial charge in [-0.15, -0.1) is 0 Å². The van der Waals surface area contributed by atoms with Gasteiger partial charge in [0.05, 0.1) is 7.11 Å². The zero-order valence-electron chi connectivity index (χ0n) is 14.5. The average molecular weight is 336 g/mol. The highest BCUT2D eigenvalue weighted by atomic mass is 32.2. The van der Waals surface area contributed by atoms with Gasteiger partial charge in [-0.2, -0.15) is 11.8 Å². The molecule has 0 aliphatic heterocycles. The van der Waals surface area contributed by atoms with Crippen molar-refractivity contribution in [2.24, 2.45) is 4.99 Å². The molecule has 1 saturated carbocycles. The van der Waals surface area contributed by atoms with Gasteiger partial charge in [0.15, 0.2) is 5.96 Å². The SMILES string of the molecule is CN=C(NCCCc1ccc(OC)cc1)NC1CCC(SC)C1. The largest absolute Gasteiger partial charge is 0.497 e. The second kappa shape index (κ2) is 9.71. The van der Waals surface area contributed by atoms with Crippen LogP contribution in [0, 0.1) is 0 Å². The lowest BCUT2D eigenvalue weighted by Crippen LogP contribution is -2.42. The third-order valence-corrected chi connectivity index (χ3v) is 5.47. The average Bonchev–Trinajstić information content (AvgIpc) is 3.05. The van der Waals surface area contributed by atoms with Gasteiger partial charge in [-0.05, 0) is 56.1 Å². The Bertz CT molecular complexity index is 490. The minimum Gasteiger partial charge on any atom is -0.497 e. The predicted molar refractivity (Wildman–Crippen MR) is 101 cm³/mol. The minimum absolute atomic E-state index is 0.570. The van der Waals surface area contributed by atoms with E-state index in [0.717, 1.165) is 36.3 Å². The number of hydrogen-bond acceptors (Lipinski definition) is 3. The molecule has 1 aromatic carbocycles. The van der Waals surface area contributed by atoms with E-state index in [-0.39, 0.29) is 0 Å². The number of nitrogens with zero attached hydrogens (tertiary/aromatic N) is 1. The lowest BCUT2D eigenvalue weighted by atomic mass is 10.1. The maximum absolute atomic E-state index is 5.18. The van der Waals surface area contributed by atoms with Gasteiger partial charge in [0.25, 0.3) is 0 Å². The summed E-state index contributed by atoms with van der Waals surface area (Å²) in [7, 11) is 3.54. The van der Waals surface area contributed by atoms with Gasteiger partial charge in [-0.3, -0.25) is 4.99 Å².